The SMILES string of the molecule is CC=C[C@H]1CO[C@H](c2ccc(-c3ccc(F)c(F)c3)nc2)OC1. The summed E-state index contributed by atoms with van der Waals surface area (Å²) in [4.78, 5) is 4.29. The molecule has 0 bridgehead atoms. The number of nitrogens with zero attached hydrogens (tertiary/aromatic N) is 1. The Morgan fingerprint density at radius 1 is 1.09 bits per heavy atom. The van der Waals surface area contributed by atoms with Crippen molar-refractivity contribution in [3.05, 3.63) is 65.9 Å². The summed E-state index contributed by atoms with van der Waals surface area (Å²) in [5, 5.41) is 0. The molecule has 1 saturated heterocycles. The molecule has 5 heteroatoms. The Labute approximate surface area is 133 Å². The average molecular weight is 317 g/mol. The molecule has 0 saturated carbocycles. The monoisotopic (exact) mass is 317 g/mol. The first kappa shape index (κ1) is 15.8. The molecule has 0 spiro atoms. The predicted molar refractivity (Wildman–Crippen MR) is 82.5 cm³/mol. The molecule has 1 aliphatic rings. The lowest BCUT2D eigenvalue weighted by Gasteiger charge is -2.28. The zero-order valence-electron chi connectivity index (χ0n) is 12.7. The topological polar surface area (TPSA) is 31.4 Å². The number of halogens is 2. The van der Waals surface area contributed by atoms with E-state index in [2.05, 4.69) is 11.1 Å². The Hall–Kier alpha value is -2.11. The molecule has 0 aliphatic carbocycles. The molecule has 0 amide bonds. The minimum Gasteiger partial charge on any atom is -0.348 e. The maximum absolute atomic E-state index is 13.3. The number of hydrogen-bond donors (Lipinski definition) is 0. The number of pyridine rings is 1. The quantitative estimate of drug-likeness (QED) is 0.793. The van der Waals surface area contributed by atoms with Crippen molar-refractivity contribution in [2.75, 3.05) is 13.2 Å². The molecule has 2 heterocycles. The molecular weight excluding hydrogens is 300 g/mol. The van der Waals surface area contributed by atoms with Crippen molar-refractivity contribution in [2.24, 2.45) is 5.92 Å². The molecule has 1 fully saturated rings. The molecule has 0 unspecified atom stereocenters. The van der Waals surface area contributed by atoms with E-state index in [-0.39, 0.29) is 5.92 Å². The Kier molecular flexibility index (Phi) is 4.79. The zero-order valence-corrected chi connectivity index (χ0v) is 12.7. The van der Waals surface area contributed by atoms with Gasteiger partial charge in [-0.3, -0.25) is 4.98 Å². The first-order chi connectivity index (χ1) is 11.2. The lowest BCUT2D eigenvalue weighted by atomic mass is 10.1. The third-order valence-electron chi connectivity index (χ3n) is 3.66. The van der Waals surface area contributed by atoms with E-state index in [0.717, 1.165) is 17.7 Å². The number of benzene rings is 1. The zero-order chi connectivity index (χ0) is 16.2. The molecule has 1 aromatic carbocycles. The molecule has 0 N–H and O–H groups in total. The normalized spacial score (nSPS) is 21.7. The highest BCUT2D eigenvalue weighted by Gasteiger charge is 2.22. The second-order valence-electron chi connectivity index (χ2n) is 5.39. The molecule has 120 valence electrons. The molecular formula is C18H17F2NO2. The second kappa shape index (κ2) is 6.98. The number of ether oxygens (including phenoxy) is 2. The maximum Gasteiger partial charge on any atom is 0.185 e. The van der Waals surface area contributed by atoms with Crippen molar-refractivity contribution in [3.8, 4) is 11.3 Å². The van der Waals surface area contributed by atoms with Gasteiger partial charge in [0.1, 0.15) is 0 Å². The molecule has 0 atom stereocenters. The lowest BCUT2D eigenvalue weighted by Crippen LogP contribution is -2.25. The Bertz CT molecular complexity index is 693. The summed E-state index contributed by atoms with van der Waals surface area (Å²) in [5.41, 5.74) is 1.89. The summed E-state index contributed by atoms with van der Waals surface area (Å²) >= 11 is 0. The largest absolute Gasteiger partial charge is 0.348 e. The van der Waals surface area contributed by atoms with Crippen LogP contribution in [0.15, 0.2) is 48.7 Å². The van der Waals surface area contributed by atoms with Crippen molar-refractivity contribution in [1.29, 1.82) is 0 Å². The minimum atomic E-state index is -0.887. The van der Waals surface area contributed by atoms with E-state index in [0.29, 0.717) is 24.5 Å². The Morgan fingerprint density at radius 3 is 2.48 bits per heavy atom. The standard InChI is InChI=1S/C18H17F2NO2/c1-2-3-12-10-22-18(23-11-12)14-5-7-17(21-9-14)13-4-6-15(19)16(20)8-13/h2-9,12,18H,10-11H2,1H3/t12-,18-. The van der Waals surface area contributed by atoms with Gasteiger partial charge in [-0.1, -0.05) is 18.2 Å². The highest BCUT2D eigenvalue weighted by Crippen LogP contribution is 2.27. The third-order valence-corrected chi connectivity index (χ3v) is 3.66. The summed E-state index contributed by atoms with van der Waals surface area (Å²) < 4.78 is 37.6. The fourth-order valence-electron chi connectivity index (χ4n) is 2.46. The van der Waals surface area contributed by atoms with Crippen molar-refractivity contribution >= 4 is 0 Å². The maximum atomic E-state index is 13.3. The van der Waals surface area contributed by atoms with Gasteiger partial charge in [0.2, 0.25) is 0 Å². The van der Waals surface area contributed by atoms with Crippen LogP contribution in [-0.4, -0.2) is 18.2 Å². The van der Waals surface area contributed by atoms with Crippen LogP contribution in [0.4, 0.5) is 8.78 Å². The average Bonchev–Trinajstić information content (AvgIpc) is 2.59. The van der Waals surface area contributed by atoms with Gasteiger partial charge in [-0.25, -0.2) is 8.78 Å². The third kappa shape index (κ3) is 3.63. The summed E-state index contributed by atoms with van der Waals surface area (Å²) in [6.45, 7) is 3.16. The minimum absolute atomic E-state index is 0.269. The van der Waals surface area contributed by atoms with E-state index in [1.54, 1.807) is 12.3 Å². The van der Waals surface area contributed by atoms with Crippen LogP contribution in [-0.2, 0) is 9.47 Å². The van der Waals surface area contributed by atoms with Crippen LogP contribution < -0.4 is 0 Å². The van der Waals surface area contributed by atoms with E-state index in [9.17, 15) is 8.78 Å². The highest BCUT2D eigenvalue weighted by molar-refractivity contribution is 5.59. The molecule has 23 heavy (non-hydrogen) atoms. The van der Waals surface area contributed by atoms with Crippen LogP contribution in [0.3, 0.4) is 0 Å². The molecule has 1 aliphatic heterocycles. The Balaban J connectivity index is 1.71. The van der Waals surface area contributed by atoms with E-state index < -0.39 is 17.9 Å². The summed E-state index contributed by atoms with van der Waals surface area (Å²) in [7, 11) is 0. The van der Waals surface area contributed by atoms with Gasteiger partial charge in [-0.2, -0.15) is 0 Å². The molecule has 2 aromatic rings. The van der Waals surface area contributed by atoms with Gasteiger partial charge < -0.3 is 9.47 Å². The van der Waals surface area contributed by atoms with Crippen LogP contribution >= 0.6 is 0 Å². The van der Waals surface area contributed by atoms with Crippen molar-refractivity contribution in [1.82, 2.24) is 4.98 Å². The van der Waals surface area contributed by atoms with E-state index in [4.69, 9.17) is 9.47 Å². The summed E-state index contributed by atoms with van der Waals surface area (Å²) in [6, 6.07) is 7.29. The van der Waals surface area contributed by atoms with Crippen LogP contribution in [0.25, 0.3) is 11.3 Å². The van der Waals surface area contributed by atoms with Crippen LogP contribution in [0.1, 0.15) is 18.8 Å². The predicted octanol–water partition coefficient (Wildman–Crippen LogP) is 4.26. The lowest BCUT2D eigenvalue weighted by molar-refractivity contribution is -0.197. The molecule has 3 rings (SSSR count). The van der Waals surface area contributed by atoms with Gasteiger partial charge >= 0.3 is 0 Å². The van der Waals surface area contributed by atoms with E-state index in [1.165, 1.54) is 6.07 Å². The van der Waals surface area contributed by atoms with Crippen molar-refractivity contribution in [3.63, 3.8) is 0 Å². The number of allylic oxidation sites excluding steroid dienone is 1. The first-order valence-corrected chi connectivity index (χ1v) is 7.45. The summed E-state index contributed by atoms with van der Waals surface area (Å²) in [5.74, 6) is -1.49. The molecule has 0 radical (unpaired) electrons. The van der Waals surface area contributed by atoms with Crippen LogP contribution in [0.5, 0.6) is 0 Å². The fraction of sp³-hybridized carbons (Fsp3) is 0.278. The van der Waals surface area contributed by atoms with Gasteiger partial charge in [0.15, 0.2) is 17.9 Å². The smallest absolute Gasteiger partial charge is 0.185 e. The van der Waals surface area contributed by atoms with Crippen molar-refractivity contribution < 1.29 is 18.3 Å². The number of aromatic nitrogens is 1. The van der Waals surface area contributed by atoms with Gasteiger partial charge in [0.05, 0.1) is 18.9 Å². The van der Waals surface area contributed by atoms with E-state index >= 15 is 0 Å². The van der Waals surface area contributed by atoms with Gasteiger partial charge in [-0.05, 0) is 31.2 Å². The highest BCUT2D eigenvalue weighted by atomic mass is 19.2. The number of hydrogen-bond acceptors (Lipinski definition) is 3. The molecule has 1 aromatic heterocycles. The second-order valence-corrected chi connectivity index (χ2v) is 5.39. The van der Waals surface area contributed by atoms with E-state index in [1.807, 2.05) is 19.1 Å². The van der Waals surface area contributed by atoms with Gasteiger partial charge in [0, 0.05) is 23.2 Å². The van der Waals surface area contributed by atoms with Gasteiger partial charge in [0.25, 0.3) is 0 Å². The fourth-order valence-corrected chi connectivity index (χ4v) is 2.46. The van der Waals surface area contributed by atoms with Crippen LogP contribution in [0, 0.1) is 17.6 Å². The number of rotatable bonds is 3. The summed E-state index contributed by atoms with van der Waals surface area (Å²) in [6.07, 6.45) is 5.23. The first-order valence-electron chi connectivity index (χ1n) is 7.45. The van der Waals surface area contributed by atoms with Gasteiger partial charge in [-0.15, -0.1) is 0 Å². The Morgan fingerprint density at radius 2 is 1.87 bits per heavy atom. The molecule has 3 nitrogen and oxygen atoms in total. The van der Waals surface area contributed by atoms with Crippen molar-refractivity contribution in [2.45, 2.75) is 13.2 Å². The van der Waals surface area contributed by atoms with Crippen LogP contribution in [0.2, 0.25) is 0 Å².